The summed E-state index contributed by atoms with van der Waals surface area (Å²) in [7, 11) is 1.56. The molecule has 2 aromatic carbocycles. The van der Waals surface area contributed by atoms with Gasteiger partial charge in [0.2, 0.25) is 0 Å². The topological polar surface area (TPSA) is 119 Å². The van der Waals surface area contributed by atoms with Crippen molar-refractivity contribution in [3.8, 4) is 5.75 Å². The Morgan fingerprint density at radius 2 is 1.72 bits per heavy atom. The number of carbonyl (C=O) groups excluding carboxylic acids is 2. The van der Waals surface area contributed by atoms with Crippen molar-refractivity contribution in [3.63, 3.8) is 0 Å². The number of non-ortho nitro benzene ring substituents is 1. The maximum atomic E-state index is 12.8. The second-order valence-corrected chi connectivity index (χ2v) is 8.25. The average molecular weight is 438 g/mol. The van der Waals surface area contributed by atoms with E-state index in [-0.39, 0.29) is 23.7 Å². The van der Waals surface area contributed by atoms with Gasteiger partial charge in [0.25, 0.3) is 5.69 Å². The number of nitrogens with one attached hydrogen (secondary N) is 1. The van der Waals surface area contributed by atoms with Gasteiger partial charge in [0.05, 0.1) is 23.6 Å². The predicted molar refractivity (Wildman–Crippen MR) is 120 cm³/mol. The Morgan fingerprint density at radius 3 is 2.19 bits per heavy atom. The Labute approximate surface area is 186 Å². The smallest absolute Gasteiger partial charge is 0.269 e. The van der Waals surface area contributed by atoms with Gasteiger partial charge in [-0.1, -0.05) is 12.1 Å². The van der Waals surface area contributed by atoms with E-state index in [1.165, 1.54) is 38.1 Å². The van der Waals surface area contributed by atoms with Crippen LogP contribution in [0.3, 0.4) is 0 Å². The Balaban J connectivity index is 2.16. The van der Waals surface area contributed by atoms with Crippen molar-refractivity contribution >= 4 is 22.9 Å². The number of benzene rings is 2. The molecule has 0 fully saturated rings. The molecule has 32 heavy (non-hydrogen) atoms. The molecule has 0 saturated carbocycles. The maximum Gasteiger partial charge on any atom is 0.269 e. The Morgan fingerprint density at radius 1 is 1.12 bits per heavy atom. The molecule has 0 saturated heterocycles. The summed E-state index contributed by atoms with van der Waals surface area (Å²) in [6, 6.07) is 12.9. The highest BCUT2D eigenvalue weighted by molar-refractivity contribution is 5.98. The van der Waals surface area contributed by atoms with Gasteiger partial charge in [0.1, 0.15) is 11.5 Å². The lowest BCUT2D eigenvalue weighted by atomic mass is 9.64. The number of hydrogen-bond acceptors (Lipinski definition) is 7. The summed E-state index contributed by atoms with van der Waals surface area (Å²) in [5, 5.41) is 25.6. The van der Waals surface area contributed by atoms with Crippen molar-refractivity contribution in [2.24, 2.45) is 5.92 Å². The van der Waals surface area contributed by atoms with E-state index in [1.807, 2.05) is 0 Å². The van der Waals surface area contributed by atoms with Crippen molar-refractivity contribution in [1.82, 2.24) is 0 Å². The SMILES string of the molecule is COc1ccc(NC2=C(C(C)=O)[C@H](c3ccc([N+](=O)[O-])cc3)[C@@H](C(C)=O)[C@@](C)(O)C2)cc1. The van der Waals surface area contributed by atoms with Crippen LogP contribution in [0, 0.1) is 16.0 Å². The van der Waals surface area contributed by atoms with E-state index in [0.29, 0.717) is 28.3 Å². The van der Waals surface area contributed by atoms with Gasteiger partial charge >= 0.3 is 0 Å². The van der Waals surface area contributed by atoms with Gasteiger partial charge < -0.3 is 15.2 Å². The molecule has 8 heteroatoms. The second-order valence-electron chi connectivity index (χ2n) is 8.25. The quantitative estimate of drug-likeness (QED) is 0.495. The molecule has 3 rings (SSSR count). The molecule has 1 aliphatic rings. The van der Waals surface area contributed by atoms with E-state index >= 15 is 0 Å². The summed E-state index contributed by atoms with van der Waals surface area (Å²) >= 11 is 0. The van der Waals surface area contributed by atoms with Crippen LogP contribution in [0.4, 0.5) is 11.4 Å². The number of hydrogen-bond donors (Lipinski definition) is 2. The number of ether oxygens (including phenoxy) is 1. The Bertz CT molecular complexity index is 1070. The first-order chi connectivity index (χ1) is 15.0. The minimum absolute atomic E-state index is 0.0711. The van der Waals surface area contributed by atoms with Gasteiger partial charge in [-0.05, 0) is 50.6 Å². The van der Waals surface area contributed by atoms with E-state index in [4.69, 9.17) is 4.74 Å². The number of nitro benzene ring substituents is 1. The molecule has 1 aliphatic carbocycles. The van der Waals surface area contributed by atoms with Crippen LogP contribution >= 0.6 is 0 Å². The number of Topliss-reactive ketones (excluding diaryl/α,β-unsaturated/α-hetero) is 2. The minimum Gasteiger partial charge on any atom is -0.497 e. The molecule has 0 spiro atoms. The molecule has 8 nitrogen and oxygen atoms in total. The molecular weight excluding hydrogens is 412 g/mol. The van der Waals surface area contributed by atoms with E-state index in [1.54, 1.807) is 38.3 Å². The highest BCUT2D eigenvalue weighted by atomic mass is 16.6. The van der Waals surface area contributed by atoms with Crippen LogP contribution < -0.4 is 10.1 Å². The number of nitrogens with zero attached hydrogens (tertiary/aromatic N) is 1. The number of nitro groups is 1. The molecule has 2 N–H and O–H groups in total. The fourth-order valence-corrected chi connectivity index (χ4v) is 4.50. The summed E-state index contributed by atoms with van der Waals surface area (Å²) in [6.07, 6.45) is 0.0711. The highest BCUT2D eigenvalue weighted by Gasteiger charge is 2.49. The zero-order valence-electron chi connectivity index (χ0n) is 18.4. The zero-order chi connectivity index (χ0) is 23.6. The fraction of sp³-hybridized carbons (Fsp3) is 0.333. The van der Waals surface area contributed by atoms with Crippen LogP contribution in [-0.2, 0) is 9.59 Å². The average Bonchev–Trinajstić information content (AvgIpc) is 2.72. The lowest BCUT2D eigenvalue weighted by Gasteiger charge is -2.43. The van der Waals surface area contributed by atoms with Gasteiger partial charge in [-0.3, -0.25) is 19.7 Å². The van der Waals surface area contributed by atoms with Crippen molar-refractivity contribution in [2.45, 2.75) is 38.7 Å². The van der Waals surface area contributed by atoms with Crippen LogP contribution in [0.15, 0.2) is 59.8 Å². The molecular formula is C24H26N2O6. The molecule has 2 aromatic rings. The lowest BCUT2D eigenvalue weighted by Crippen LogP contribution is -2.48. The molecule has 0 radical (unpaired) electrons. The molecule has 0 aromatic heterocycles. The van der Waals surface area contributed by atoms with Crippen LogP contribution in [0.25, 0.3) is 0 Å². The van der Waals surface area contributed by atoms with Crippen LogP contribution in [0.5, 0.6) is 5.75 Å². The van der Waals surface area contributed by atoms with E-state index in [2.05, 4.69) is 5.32 Å². The predicted octanol–water partition coefficient (Wildman–Crippen LogP) is 4.00. The normalized spacial score (nSPS) is 22.9. The van der Waals surface area contributed by atoms with Crippen molar-refractivity contribution in [3.05, 3.63) is 75.5 Å². The summed E-state index contributed by atoms with van der Waals surface area (Å²) in [4.78, 5) is 36.0. The fourth-order valence-electron chi connectivity index (χ4n) is 4.50. The first kappa shape index (κ1) is 23.1. The van der Waals surface area contributed by atoms with E-state index in [0.717, 1.165) is 0 Å². The summed E-state index contributed by atoms with van der Waals surface area (Å²) in [6.45, 7) is 4.38. The van der Waals surface area contributed by atoms with E-state index in [9.17, 15) is 24.8 Å². The Kier molecular flexibility index (Phi) is 6.45. The van der Waals surface area contributed by atoms with Gasteiger partial charge in [-0.15, -0.1) is 0 Å². The molecule has 0 bridgehead atoms. The molecule has 168 valence electrons. The lowest BCUT2D eigenvalue weighted by molar-refractivity contribution is -0.384. The molecule has 0 amide bonds. The standard InChI is InChI=1S/C24H26N2O6/c1-14(27)21-20(25-17-7-11-19(32-4)12-8-17)13-24(3,29)23(15(2)28)22(21)16-5-9-18(10-6-16)26(30)31/h5-12,22-23,25,29H,13H2,1-4H3/t22-,23+,24-/m0/s1. The van der Waals surface area contributed by atoms with E-state index < -0.39 is 22.4 Å². The van der Waals surface area contributed by atoms with Gasteiger partial charge in [0, 0.05) is 41.4 Å². The number of ketones is 2. The number of methoxy groups -OCH3 is 1. The first-order valence-corrected chi connectivity index (χ1v) is 10.2. The summed E-state index contributed by atoms with van der Waals surface area (Å²) < 4.78 is 5.17. The monoisotopic (exact) mass is 438 g/mol. The number of anilines is 1. The zero-order valence-corrected chi connectivity index (χ0v) is 18.4. The largest absolute Gasteiger partial charge is 0.497 e. The number of allylic oxidation sites excluding steroid dienone is 1. The van der Waals surface area contributed by atoms with Gasteiger partial charge in [-0.25, -0.2) is 0 Å². The van der Waals surface area contributed by atoms with Crippen LogP contribution in [-0.4, -0.2) is 34.3 Å². The van der Waals surface area contributed by atoms with Gasteiger partial charge in [-0.2, -0.15) is 0 Å². The third kappa shape index (κ3) is 4.55. The Hall–Kier alpha value is -3.52. The van der Waals surface area contributed by atoms with Crippen molar-refractivity contribution in [1.29, 1.82) is 0 Å². The third-order valence-electron chi connectivity index (χ3n) is 5.84. The summed E-state index contributed by atoms with van der Waals surface area (Å²) in [5.74, 6) is -1.47. The van der Waals surface area contributed by atoms with Crippen LogP contribution in [0.1, 0.15) is 38.7 Å². The first-order valence-electron chi connectivity index (χ1n) is 10.2. The highest BCUT2D eigenvalue weighted by Crippen LogP contribution is 2.48. The number of aliphatic hydroxyl groups is 1. The van der Waals surface area contributed by atoms with Crippen molar-refractivity contribution < 1.29 is 24.4 Å². The second kappa shape index (κ2) is 8.92. The molecule has 0 unspecified atom stereocenters. The minimum atomic E-state index is -1.44. The molecule has 0 heterocycles. The molecule has 3 atom stereocenters. The number of carbonyl (C=O) groups is 2. The molecule has 0 aliphatic heterocycles. The maximum absolute atomic E-state index is 12.8. The van der Waals surface area contributed by atoms with Crippen LogP contribution in [0.2, 0.25) is 0 Å². The third-order valence-corrected chi connectivity index (χ3v) is 5.84. The summed E-state index contributed by atoms with van der Waals surface area (Å²) in [5.41, 5.74) is 0.594. The van der Waals surface area contributed by atoms with Gasteiger partial charge in [0.15, 0.2) is 5.78 Å². The van der Waals surface area contributed by atoms with Crippen molar-refractivity contribution in [2.75, 3.05) is 12.4 Å². The number of rotatable bonds is 7.